The summed E-state index contributed by atoms with van der Waals surface area (Å²) < 4.78 is 5.26. The van der Waals surface area contributed by atoms with Gasteiger partial charge >= 0.3 is 0 Å². The molecule has 0 aliphatic carbocycles. The van der Waals surface area contributed by atoms with E-state index in [1.807, 2.05) is 24.3 Å². The van der Waals surface area contributed by atoms with E-state index >= 15 is 0 Å². The van der Waals surface area contributed by atoms with Gasteiger partial charge in [0, 0.05) is 0 Å². The molecule has 0 spiro atoms. The van der Waals surface area contributed by atoms with Gasteiger partial charge in [0.05, 0.1) is 19.1 Å². The van der Waals surface area contributed by atoms with Crippen molar-refractivity contribution in [1.29, 1.82) is 0 Å². The van der Waals surface area contributed by atoms with Crippen molar-refractivity contribution < 1.29 is 9.53 Å². The molecule has 1 aromatic carbocycles. The van der Waals surface area contributed by atoms with Crippen LogP contribution in [0.4, 0.5) is 0 Å². The van der Waals surface area contributed by atoms with Crippen LogP contribution in [-0.2, 0) is 16.1 Å². The van der Waals surface area contributed by atoms with E-state index in [0.29, 0.717) is 13.2 Å². The molecule has 2 rings (SSSR count). The second-order valence-corrected chi connectivity index (χ2v) is 3.44. The third kappa shape index (κ3) is 1.60. The molecule has 1 aromatic rings. The highest BCUT2D eigenvalue weighted by Crippen LogP contribution is 2.27. The molecule has 0 aromatic heterocycles. The Morgan fingerprint density at radius 2 is 2.23 bits per heavy atom. The third-order valence-corrected chi connectivity index (χ3v) is 2.51. The van der Waals surface area contributed by atoms with Crippen LogP contribution < -0.4 is 0 Å². The van der Waals surface area contributed by atoms with E-state index < -0.39 is 0 Å². The minimum absolute atomic E-state index is 0.286. The Hall–Kier alpha value is -0.860. The molecule has 1 atom stereocenters. The van der Waals surface area contributed by atoms with Crippen molar-refractivity contribution in [3.63, 3.8) is 0 Å². The van der Waals surface area contributed by atoms with Gasteiger partial charge in [0.1, 0.15) is 0 Å². The molecule has 0 fully saturated rings. The second-order valence-electron chi connectivity index (χ2n) is 3.07. The summed E-state index contributed by atoms with van der Waals surface area (Å²) in [6.07, 6.45) is 0. The first-order valence-electron chi connectivity index (χ1n) is 4.14. The van der Waals surface area contributed by atoms with E-state index in [-0.39, 0.29) is 11.2 Å². The van der Waals surface area contributed by atoms with Crippen molar-refractivity contribution in [3.05, 3.63) is 35.4 Å². The second kappa shape index (κ2) is 3.48. The molecule has 3 heteroatoms. The number of halogens is 1. The zero-order valence-electron chi connectivity index (χ0n) is 7.00. The fourth-order valence-electron chi connectivity index (χ4n) is 1.57. The van der Waals surface area contributed by atoms with Gasteiger partial charge in [0.15, 0.2) is 0 Å². The van der Waals surface area contributed by atoms with E-state index in [0.717, 1.165) is 11.1 Å². The summed E-state index contributed by atoms with van der Waals surface area (Å²) in [7, 11) is 0. The zero-order valence-corrected chi connectivity index (χ0v) is 7.75. The Morgan fingerprint density at radius 1 is 1.46 bits per heavy atom. The van der Waals surface area contributed by atoms with E-state index in [1.165, 1.54) is 0 Å². The molecule has 1 unspecified atom stereocenters. The summed E-state index contributed by atoms with van der Waals surface area (Å²) in [6.45, 7) is 0.982. The van der Waals surface area contributed by atoms with Crippen LogP contribution >= 0.6 is 11.6 Å². The van der Waals surface area contributed by atoms with Crippen LogP contribution in [0, 0.1) is 0 Å². The van der Waals surface area contributed by atoms with Crippen LogP contribution in [-0.4, -0.2) is 11.8 Å². The Balaban J connectivity index is 2.42. The van der Waals surface area contributed by atoms with E-state index in [2.05, 4.69) is 0 Å². The number of carbonyl (C=O) groups excluding carboxylic acids is 1. The SMILES string of the molecule is O=C(Cl)C1COCc2ccccc21. The van der Waals surface area contributed by atoms with Gasteiger partial charge in [-0.2, -0.15) is 0 Å². The fourth-order valence-corrected chi connectivity index (χ4v) is 1.75. The van der Waals surface area contributed by atoms with E-state index in [1.54, 1.807) is 0 Å². The van der Waals surface area contributed by atoms with Gasteiger partial charge in [-0.05, 0) is 22.7 Å². The highest BCUT2D eigenvalue weighted by molar-refractivity contribution is 6.64. The molecule has 0 bridgehead atoms. The quantitative estimate of drug-likeness (QED) is 0.643. The topological polar surface area (TPSA) is 26.3 Å². The Kier molecular flexibility index (Phi) is 2.34. The lowest BCUT2D eigenvalue weighted by Crippen LogP contribution is -2.20. The number of fused-ring (bicyclic) bond motifs is 1. The monoisotopic (exact) mass is 196 g/mol. The normalized spacial score (nSPS) is 20.8. The predicted molar refractivity (Wildman–Crippen MR) is 49.7 cm³/mol. The maximum absolute atomic E-state index is 11.0. The molecule has 0 saturated carbocycles. The summed E-state index contributed by atoms with van der Waals surface area (Å²) in [5, 5.41) is -0.341. The lowest BCUT2D eigenvalue weighted by molar-refractivity contribution is -0.114. The van der Waals surface area contributed by atoms with Crippen LogP contribution in [0.2, 0.25) is 0 Å². The smallest absolute Gasteiger partial charge is 0.231 e. The molecule has 0 saturated heterocycles. The summed E-state index contributed by atoms with van der Waals surface area (Å²) in [5.41, 5.74) is 2.07. The van der Waals surface area contributed by atoms with Crippen molar-refractivity contribution in [1.82, 2.24) is 0 Å². The predicted octanol–water partition coefficient (Wildman–Crippen LogP) is 2.07. The van der Waals surface area contributed by atoms with Gasteiger partial charge in [0.2, 0.25) is 5.24 Å². The van der Waals surface area contributed by atoms with E-state index in [4.69, 9.17) is 16.3 Å². The van der Waals surface area contributed by atoms with Crippen molar-refractivity contribution >= 4 is 16.8 Å². The van der Waals surface area contributed by atoms with Crippen LogP contribution in [0.3, 0.4) is 0 Å². The highest BCUT2D eigenvalue weighted by Gasteiger charge is 2.25. The molecule has 13 heavy (non-hydrogen) atoms. The molecule has 2 nitrogen and oxygen atoms in total. The summed E-state index contributed by atoms with van der Waals surface area (Å²) in [6, 6.07) is 7.74. The first-order chi connectivity index (χ1) is 6.29. The molecule has 0 radical (unpaired) electrons. The van der Waals surface area contributed by atoms with Crippen LogP contribution in [0.25, 0.3) is 0 Å². The maximum Gasteiger partial charge on any atom is 0.231 e. The van der Waals surface area contributed by atoms with Gasteiger partial charge in [-0.1, -0.05) is 24.3 Å². The highest BCUT2D eigenvalue weighted by atomic mass is 35.5. The largest absolute Gasteiger partial charge is 0.376 e. The van der Waals surface area contributed by atoms with Crippen molar-refractivity contribution in [2.45, 2.75) is 12.5 Å². The Bertz CT molecular complexity index is 335. The number of rotatable bonds is 1. The number of hydrogen-bond acceptors (Lipinski definition) is 2. The van der Waals surface area contributed by atoms with Gasteiger partial charge in [-0.25, -0.2) is 0 Å². The number of carbonyl (C=O) groups is 1. The molecule has 0 N–H and O–H groups in total. The fraction of sp³-hybridized carbons (Fsp3) is 0.300. The number of hydrogen-bond donors (Lipinski definition) is 0. The van der Waals surface area contributed by atoms with Gasteiger partial charge < -0.3 is 4.74 Å². The third-order valence-electron chi connectivity index (χ3n) is 2.25. The van der Waals surface area contributed by atoms with Gasteiger partial charge in [-0.3, -0.25) is 4.79 Å². The molecule has 1 heterocycles. The van der Waals surface area contributed by atoms with Crippen molar-refractivity contribution in [3.8, 4) is 0 Å². The van der Waals surface area contributed by atoms with Crippen LogP contribution in [0.1, 0.15) is 17.0 Å². The Morgan fingerprint density at radius 3 is 3.00 bits per heavy atom. The summed E-state index contributed by atoms with van der Waals surface area (Å²) in [5.74, 6) is -0.286. The van der Waals surface area contributed by atoms with Gasteiger partial charge in [0.25, 0.3) is 0 Å². The molecule has 68 valence electrons. The zero-order chi connectivity index (χ0) is 9.26. The lowest BCUT2D eigenvalue weighted by Gasteiger charge is -2.22. The molecule has 1 aliphatic rings. The molecular weight excluding hydrogens is 188 g/mol. The first-order valence-corrected chi connectivity index (χ1v) is 4.51. The lowest BCUT2D eigenvalue weighted by atomic mass is 9.94. The van der Waals surface area contributed by atoms with Gasteiger partial charge in [-0.15, -0.1) is 0 Å². The minimum Gasteiger partial charge on any atom is -0.376 e. The summed E-state index contributed by atoms with van der Waals surface area (Å²) in [4.78, 5) is 11.0. The first kappa shape index (κ1) is 8.73. The van der Waals surface area contributed by atoms with Crippen LogP contribution in [0.15, 0.2) is 24.3 Å². The minimum atomic E-state index is -0.341. The maximum atomic E-state index is 11.0. The molecular formula is C10H9ClO2. The summed E-state index contributed by atoms with van der Waals surface area (Å²) >= 11 is 5.47. The molecule has 1 aliphatic heterocycles. The van der Waals surface area contributed by atoms with Crippen molar-refractivity contribution in [2.24, 2.45) is 0 Å². The average molecular weight is 197 g/mol. The Labute approximate surface area is 81.5 Å². The standard InChI is InChI=1S/C10H9ClO2/c11-10(12)9-6-13-5-7-3-1-2-4-8(7)9/h1-4,9H,5-6H2. The number of ether oxygens (including phenoxy) is 1. The van der Waals surface area contributed by atoms with Crippen molar-refractivity contribution in [2.75, 3.05) is 6.61 Å². The number of benzene rings is 1. The molecule has 0 amide bonds. The van der Waals surface area contributed by atoms with Crippen LogP contribution in [0.5, 0.6) is 0 Å². The average Bonchev–Trinajstić information content (AvgIpc) is 2.17. The van der Waals surface area contributed by atoms with E-state index in [9.17, 15) is 4.79 Å².